The number of hydrogen-bond acceptors (Lipinski definition) is 3. The molecule has 1 aliphatic carbocycles. The van der Waals surface area contributed by atoms with Gasteiger partial charge in [0.15, 0.2) is 5.82 Å². The first-order chi connectivity index (χ1) is 10.2. The number of nitrogens with one attached hydrogen (secondary N) is 2. The average Bonchev–Trinajstić information content (AvgIpc) is 3.17. The van der Waals surface area contributed by atoms with Crippen molar-refractivity contribution in [2.75, 3.05) is 19.8 Å². The number of H-pyrrole nitrogens is 1. The maximum absolute atomic E-state index is 13.3. The van der Waals surface area contributed by atoms with Gasteiger partial charge in [-0.25, -0.2) is 9.78 Å². The molecule has 0 aromatic carbocycles. The number of hydrogen-bond donors (Lipinski definition) is 2. The largest absolute Gasteiger partial charge is 0.335 e. The summed E-state index contributed by atoms with van der Waals surface area (Å²) in [6, 6.07) is 0.209. The minimum Gasteiger partial charge on any atom is -0.335 e. The number of alkyl halides is 1. The normalized spacial score (nSPS) is 26.5. The zero-order chi connectivity index (χ0) is 14.8. The Morgan fingerprint density at radius 2 is 2.19 bits per heavy atom. The van der Waals surface area contributed by atoms with E-state index >= 15 is 0 Å². The highest BCUT2D eigenvalue weighted by molar-refractivity contribution is 5.75. The third kappa shape index (κ3) is 3.01. The van der Waals surface area contributed by atoms with Crippen LogP contribution in [0.3, 0.4) is 0 Å². The van der Waals surface area contributed by atoms with Crippen LogP contribution in [-0.4, -0.2) is 51.9 Å². The smallest absolute Gasteiger partial charge is 0.317 e. The van der Waals surface area contributed by atoms with Gasteiger partial charge in [0.25, 0.3) is 0 Å². The third-order valence-electron chi connectivity index (χ3n) is 4.56. The number of halogens is 1. The second-order valence-electron chi connectivity index (χ2n) is 6.14. The number of rotatable bonds is 3. The SMILES string of the molecule is Cc1nc([C@@H]2CN(C(=O)NC3CCCC3)C[C@H]2CF)n[nH]1. The average molecular weight is 295 g/mol. The zero-order valence-electron chi connectivity index (χ0n) is 12.3. The highest BCUT2D eigenvalue weighted by atomic mass is 19.1. The minimum absolute atomic E-state index is 0.0740. The van der Waals surface area contributed by atoms with Crippen molar-refractivity contribution in [3.8, 4) is 0 Å². The van der Waals surface area contributed by atoms with Gasteiger partial charge < -0.3 is 10.2 Å². The maximum Gasteiger partial charge on any atom is 0.317 e. The number of amides is 2. The van der Waals surface area contributed by atoms with Gasteiger partial charge in [-0.2, -0.15) is 5.10 Å². The summed E-state index contributed by atoms with van der Waals surface area (Å²) in [5.74, 6) is 1.01. The first-order valence-electron chi connectivity index (χ1n) is 7.67. The Hall–Kier alpha value is -1.66. The highest BCUT2D eigenvalue weighted by Crippen LogP contribution is 2.31. The molecule has 21 heavy (non-hydrogen) atoms. The topological polar surface area (TPSA) is 73.9 Å². The summed E-state index contributed by atoms with van der Waals surface area (Å²) in [6.07, 6.45) is 4.46. The van der Waals surface area contributed by atoms with Crippen LogP contribution in [-0.2, 0) is 0 Å². The van der Waals surface area contributed by atoms with E-state index in [2.05, 4.69) is 20.5 Å². The van der Waals surface area contributed by atoms with E-state index < -0.39 is 6.67 Å². The van der Waals surface area contributed by atoms with Crippen molar-refractivity contribution in [3.05, 3.63) is 11.6 Å². The van der Waals surface area contributed by atoms with Crippen LogP contribution in [0.4, 0.5) is 9.18 Å². The van der Waals surface area contributed by atoms with Gasteiger partial charge in [0.2, 0.25) is 0 Å². The molecule has 1 saturated heterocycles. The van der Waals surface area contributed by atoms with Gasteiger partial charge in [-0.1, -0.05) is 12.8 Å². The Balaban J connectivity index is 1.64. The molecule has 7 heteroatoms. The molecule has 2 amide bonds. The fourth-order valence-electron chi connectivity index (χ4n) is 3.35. The standard InChI is InChI=1S/C14H22FN5O/c1-9-16-13(19-18-9)12-8-20(7-10(12)6-15)14(21)17-11-4-2-3-5-11/h10-12H,2-8H2,1H3,(H,17,21)(H,16,18,19)/t10-,12-/m1/s1. The fraction of sp³-hybridized carbons (Fsp3) is 0.786. The highest BCUT2D eigenvalue weighted by Gasteiger charge is 2.38. The molecule has 6 nitrogen and oxygen atoms in total. The number of carbonyl (C=O) groups excluding carboxylic acids is 1. The van der Waals surface area contributed by atoms with Crippen molar-refractivity contribution in [3.63, 3.8) is 0 Å². The molecule has 2 atom stereocenters. The predicted molar refractivity (Wildman–Crippen MR) is 75.7 cm³/mol. The maximum atomic E-state index is 13.3. The fourth-order valence-corrected chi connectivity index (χ4v) is 3.35. The minimum atomic E-state index is -0.453. The summed E-state index contributed by atoms with van der Waals surface area (Å²) < 4.78 is 13.3. The van der Waals surface area contributed by atoms with E-state index in [9.17, 15) is 9.18 Å². The molecule has 2 fully saturated rings. The number of carbonyl (C=O) groups is 1. The predicted octanol–water partition coefficient (Wildman–Crippen LogP) is 1.75. The van der Waals surface area contributed by atoms with Crippen LogP contribution in [0.5, 0.6) is 0 Å². The number of aromatic nitrogens is 3. The van der Waals surface area contributed by atoms with Crippen molar-refractivity contribution in [2.45, 2.75) is 44.6 Å². The lowest BCUT2D eigenvalue weighted by Gasteiger charge is -2.20. The van der Waals surface area contributed by atoms with Crippen LogP contribution < -0.4 is 5.32 Å². The molecule has 3 rings (SSSR count). The number of aromatic amines is 1. The van der Waals surface area contributed by atoms with Crippen LogP contribution >= 0.6 is 0 Å². The molecule has 2 N–H and O–H groups in total. The van der Waals surface area contributed by atoms with Gasteiger partial charge in [0.05, 0.1) is 6.67 Å². The number of likely N-dealkylation sites (tertiary alicyclic amines) is 1. The van der Waals surface area contributed by atoms with Gasteiger partial charge in [0.1, 0.15) is 5.82 Å². The Labute approximate surface area is 123 Å². The van der Waals surface area contributed by atoms with Crippen molar-refractivity contribution >= 4 is 6.03 Å². The Bertz CT molecular complexity index is 499. The number of aryl methyl sites for hydroxylation is 1. The Morgan fingerprint density at radius 3 is 2.81 bits per heavy atom. The van der Waals surface area contributed by atoms with Crippen molar-refractivity contribution in [1.82, 2.24) is 25.4 Å². The van der Waals surface area contributed by atoms with E-state index in [1.807, 2.05) is 6.92 Å². The van der Waals surface area contributed by atoms with Gasteiger partial charge in [-0.3, -0.25) is 9.49 Å². The summed E-state index contributed by atoms with van der Waals surface area (Å²) in [4.78, 5) is 18.3. The second kappa shape index (κ2) is 5.99. The monoisotopic (exact) mass is 295 g/mol. The lowest BCUT2D eigenvalue weighted by molar-refractivity contribution is 0.201. The summed E-state index contributed by atoms with van der Waals surface area (Å²) in [5.41, 5.74) is 0. The molecular formula is C14H22FN5O. The van der Waals surface area contributed by atoms with E-state index in [0.717, 1.165) is 18.7 Å². The zero-order valence-corrected chi connectivity index (χ0v) is 12.3. The second-order valence-corrected chi connectivity index (χ2v) is 6.14. The van der Waals surface area contributed by atoms with Crippen LogP contribution in [0.1, 0.15) is 43.3 Å². The molecular weight excluding hydrogens is 273 g/mol. The summed E-state index contributed by atoms with van der Waals surface area (Å²) >= 11 is 0. The molecule has 1 aromatic heterocycles. The summed E-state index contributed by atoms with van der Waals surface area (Å²) in [5, 5.41) is 9.98. The lowest BCUT2D eigenvalue weighted by atomic mass is 9.97. The number of nitrogens with zero attached hydrogens (tertiary/aromatic N) is 3. The molecule has 1 aromatic rings. The first kappa shape index (κ1) is 14.3. The molecule has 1 saturated carbocycles. The van der Waals surface area contributed by atoms with Gasteiger partial charge in [-0.15, -0.1) is 0 Å². The van der Waals surface area contributed by atoms with E-state index in [0.29, 0.717) is 18.9 Å². The van der Waals surface area contributed by atoms with Crippen LogP contribution in [0.25, 0.3) is 0 Å². The van der Waals surface area contributed by atoms with Gasteiger partial charge >= 0.3 is 6.03 Å². The Morgan fingerprint density at radius 1 is 1.43 bits per heavy atom. The molecule has 0 unspecified atom stereocenters. The van der Waals surface area contributed by atoms with Crippen LogP contribution in [0, 0.1) is 12.8 Å². The molecule has 116 valence electrons. The molecule has 2 heterocycles. The molecule has 2 aliphatic rings. The van der Waals surface area contributed by atoms with Crippen LogP contribution in [0.15, 0.2) is 0 Å². The van der Waals surface area contributed by atoms with E-state index in [-0.39, 0.29) is 23.9 Å². The summed E-state index contributed by atoms with van der Waals surface area (Å²) in [6.45, 7) is 2.30. The van der Waals surface area contributed by atoms with Crippen molar-refractivity contribution < 1.29 is 9.18 Å². The van der Waals surface area contributed by atoms with Crippen molar-refractivity contribution in [2.24, 2.45) is 5.92 Å². The summed E-state index contributed by atoms with van der Waals surface area (Å²) in [7, 11) is 0. The van der Waals surface area contributed by atoms with E-state index in [1.54, 1.807) is 4.90 Å². The lowest BCUT2D eigenvalue weighted by Crippen LogP contribution is -2.43. The van der Waals surface area contributed by atoms with Crippen LogP contribution in [0.2, 0.25) is 0 Å². The molecule has 0 radical (unpaired) electrons. The quantitative estimate of drug-likeness (QED) is 0.892. The first-order valence-corrected chi connectivity index (χ1v) is 7.67. The van der Waals surface area contributed by atoms with Gasteiger partial charge in [0, 0.05) is 31.0 Å². The van der Waals surface area contributed by atoms with E-state index in [4.69, 9.17) is 0 Å². The van der Waals surface area contributed by atoms with E-state index in [1.165, 1.54) is 12.8 Å². The van der Waals surface area contributed by atoms with Crippen molar-refractivity contribution in [1.29, 1.82) is 0 Å². The number of urea groups is 1. The van der Waals surface area contributed by atoms with Gasteiger partial charge in [-0.05, 0) is 19.8 Å². The molecule has 0 spiro atoms. The Kier molecular flexibility index (Phi) is 4.07. The molecule has 0 bridgehead atoms. The third-order valence-corrected chi connectivity index (χ3v) is 4.56. The molecule has 1 aliphatic heterocycles.